The largest absolute Gasteiger partial charge is 0.206 e. The molecule has 0 aromatic heterocycles. The lowest BCUT2D eigenvalue weighted by Gasteiger charge is -2.26. The van der Waals surface area contributed by atoms with E-state index in [1.165, 1.54) is 17.7 Å². The van der Waals surface area contributed by atoms with Crippen LogP contribution in [0.4, 0.5) is 13.2 Å². The van der Waals surface area contributed by atoms with Crippen LogP contribution in [0, 0.1) is 17.5 Å². The molecule has 0 saturated heterocycles. The third-order valence-electron chi connectivity index (χ3n) is 5.78. The number of halogens is 3. The van der Waals surface area contributed by atoms with Crippen molar-refractivity contribution in [3.05, 3.63) is 82.2 Å². The molecule has 0 N–H and O–H groups in total. The van der Waals surface area contributed by atoms with Crippen molar-refractivity contribution >= 4 is 10.8 Å². The van der Waals surface area contributed by atoms with Crippen molar-refractivity contribution in [2.24, 2.45) is 0 Å². The molecule has 0 bridgehead atoms. The third-order valence-corrected chi connectivity index (χ3v) is 5.78. The van der Waals surface area contributed by atoms with Gasteiger partial charge in [0.05, 0.1) is 0 Å². The minimum atomic E-state index is -0.826. The molecular weight excluding hydrogens is 345 g/mol. The molecule has 1 unspecified atom stereocenters. The first kappa shape index (κ1) is 18.1. The molecule has 3 aromatic rings. The van der Waals surface area contributed by atoms with Crippen LogP contribution in [0.2, 0.25) is 0 Å². The molecule has 0 saturated carbocycles. The van der Waals surface area contributed by atoms with Crippen LogP contribution in [-0.4, -0.2) is 0 Å². The van der Waals surface area contributed by atoms with Crippen LogP contribution in [0.15, 0.2) is 42.5 Å². The topological polar surface area (TPSA) is 0 Å². The van der Waals surface area contributed by atoms with E-state index in [0.29, 0.717) is 23.8 Å². The predicted molar refractivity (Wildman–Crippen MR) is 104 cm³/mol. The zero-order valence-electron chi connectivity index (χ0n) is 15.5. The molecule has 0 nitrogen and oxygen atoms in total. The van der Waals surface area contributed by atoms with E-state index in [0.717, 1.165) is 42.2 Å². The van der Waals surface area contributed by atoms with Gasteiger partial charge in [-0.2, -0.15) is 0 Å². The van der Waals surface area contributed by atoms with E-state index in [-0.39, 0.29) is 11.7 Å². The van der Waals surface area contributed by atoms with E-state index in [2.05, 4.69) is 13.0 Å². The van der Waals surface area contributed by atoms with Gasteiger partial charge in [-0.1, -0.05) is 43.7 Å². The molecule has 140 valence electrons. The lowest BCUT2D eigenvalue weighted by Crippen LogP contribution is -2.15. The number of benzene rings is 3. The maximum absolute atomic E-state index is 15.2. The molecule has 0 spiro atoms. The third kappa shape index (κ3) is 3.47. The van der Waals surface area contributed by atoms with E-state index >= 15 is 4.39 Å². The van der Waals surface area contributed by atoms with Crippen molar-refractivity contribution in [3.8, 4) is 0 Å². The predicted octanol–water partition coefficient (Wildman–Crippen LogP) is 6.87. The highest BCUT2D eigenvalue weighted by molar-refractivity contribution is 5.84. The fourth-order valence-electron chi connectivity index (χ4n) is 4.22. The molecule has 0 fully saturated rings. The molecule has 0 amide bonds. The van der Waals surface area contributed by atoms with Crippen molar-refractivity contribution in [2.45, 2.75) is 51.4 Å². The zero-order chi connectivity index (χ0) is 19.0. The van der Waals surface area contributed by atoms with Gasteiger partial charge >= 0.3 is 0 Å². The number of aryl methyl sites for hydroxylation is 2. The Labute approximate surface area is 158 Å². The summed E-state index contributed by atoms with van der Waals surface area (Å²) in [6.07, 6.45) is 5.21. The van der Waals surface area contributed by atoms with Crippen LogP contribution >= 0.6 is 0 Å². The van der Waals surface area contributed by atoms with Gasteiger partial charge in [-0.05, 0) is 77.8 Å². The zero-order valence-corrected chi connectivity index (χ0v) is 15.5. The van der Waals surface area contributed by atoms with Crippen molar-refractivity contribution in [1.82, 2.24) is 0 Å². The lowest BCUT2D eigenvalue weighted by molar-refractivity contribution is 0.493. The molecule has 0 aliphatic heterocycles. The Hall–Kier alpha value is -2.29. The SMILES string of the molecule is CCCCc1ccc2c(F)c(C3CCc4cc(F)c(F)cc4C3)ccc2c1. The molecule has 0 heterocycles. The maximum Gasteiger partial charge on any atom is 0.159 e. The van der Waals surface area contributed by atoms with Crippen molar-refractivity contribution < 1.29 is 13.2 Å². The minimum Gasteiger partial charge on any atom is -0.206 e. The fourth-order valence-corrected chi connectivity index (χ4v) is 4.22. The maximum atomic E-state index is 15.2. The van der Waals surface area contributed by atoms with Gasteiger partial charge in [0.15, 0.2) is 11.6 Å². The van der Waals surface area contributed by atoms with Crippen LogP contribution in [0.3, 0.4) is 0 Å². The molecule has 27 heavy (non-hydrogen) atoms. The van der Waals surface area contributed by atoms with E-state index in [4.69, 9.17) is 0 Å². The summed E-state index contributed by atoms with van der Waals surface area (Å²) in [6, 6.07) is 12.4. The number of unbranched alkanes of at least 4 members (excludes halogenated alkanes) is 1. The second-order valence-corrected chi connectivity index (χ2v) is 7.60. The summed E-state index contributed by atoms with van der Waals surface area (Å²) < 4.78 is 42.3. The first-order valence-corrected chi connectivity index (χ1v) is 9.74. The molecular formula is C24H23F3. The Balaban J connectivity index is 1.65. The molecule has 3 aromatic carbocycles. The number of rotatable bonds is 4. The van der Waals surface area contributed by atoms with Crippen LogP contribution < -0.4 is 0 Å². The molecule has 1 aliphatic carbocycles. The van der Waals surface area contributed by atoms with Crippen LogP contribution in [0.1, 0.15) is 54.4 Å². The molecule has 0 radical (unpaired) electrons. The van der Waals surface area contributed by atoms with Gasteiger partial charge < -0.3 is 0 Å². The van der Waals surface area contributed by atoms with Crippen LogP contribution in [-0.2, 0) is 19.3 Å². The first-order valence-electron chi connectivity index (χ1n) is 9.74. The Morgan fingerprint density at radius 3 is 2.48 bits per heavy atom. The summed E-state index contributed by atoms with van der Waals surface area (Å²) in [6.45, 7) is 2.16. The summed E-state index contributed by atoms with van der Waals surface area (Å²) in [5.41, 5.74) is 3.55. The fraction of sp³-hybridized carbons (Fsp3) is 0.333. The highest BCUT2D eigenvalue weighted by atomic mass is 19.2. The highest BCUT2D eigenvalue weighted by Gasteiger charge is 2.25. The van der Waals surface area contributed by atoms with Gasteiger partial charge in [0.1, 0.15) is 5.82 Å². The average Bonchev–Trinajstić information content (AvgIpc) is 2.67. The van der Waals surface area contributed by atoms with E-state index in [9.17, 15) is 8.78 Å². The van der Waals surface area contributed by atoms with Gasteiger partial charge in [0.2, 0.25) is 0 Å². The summed E-state index contributed by atoms with van der Waals surface area (Å²) in [5, 5.41) is 1.57. The average molecular weight is 368 g/mol. The number of hydrogen-bond acceptors (Lipinski definition) is 0. The van der Waals surface area contributed by atoms with Crippen molar-refractivity contribution in [3.63, 3.8) is 0 Å². The minimum absolute atomic E-state index is 0.00784. The molecule has 4 rings (SSSR count). The Morgan fingerprint density at radius 1 is 0.926 bits per heavy atom. The van der Waals surface area contributed by atoms with Crippen LogP contribution in [0.5, 0.6) is 0 Å². The molecule has 1 aliphatic rings. The van der Waals surface area contributed by atoms with Gasteiger partial charge in [0, 0.05) is 5.39 Å². The standard InChI is InChI=1S/C24H23F3/c1-2-3-4-15-5-9-20-17(11-15)8-10-21(24(20)27)18-7-6-16-13-22(25)23(26)14-19(16)12-18/h5,8-11,13-14,18H,2-4,6-7,12H2,1H3. The number of fused-ring (bicyclic) bond motifs is 2. The van der Waals surface area contributed by atoms with E-state index < -0.39 is 11.6 Å². The van der Waals surface area contributed by atoms with Crippen molar-refractivity contribution in [1.29, 1.82) is 0 Å². The van der Waals surface area contributed by atoms with Crippen LogP contribution in [0.25, 0.3) is 10.8 Å². The Bertz CT molecular complexity index is 991. The summed E-state index contributed by atoms with van der Waals surface area (Å²) in [4.78, 5) is 0. The van der Waals surface area contributed by atoms with E-state index in [1.807, 2.05) is 24.3 Å². The Kier molecular flexibility index (Phi) is 4.94. The lowest BCUT2D eigenvalue weighted by atomic mass is 9.79. The second-order valence-electron chi connectivity index (χ2n) is 7.60. The highest BCUT2D eigenvalue weighted by Crippen LogP contribution is 2.36. The van der Waals surface area contributed by atoms with Gasteiger partial charge in [-0.25, -0.2) is 13.2 Å². The van der Waals surface area contributed by atoms with Crippen molar-refractivity contribution in [2.75, 3.05) is 0 Å². The van der Waals surface area contributed by atoms with E-state index in [1.54, 1.807) is 0 Å². The quantitative estimate of drug-likeness (QED) is 0.471. The summed E-state index contributed by atoms with van der Waals surface area (Å²) in [7, 11) is 0. The number of hydrogen-bond donors (Lipinski definition) is 0. The normalized spacial score (nSPS) is 16.5. The van der Waals surface area contributed by atoms with Gasteiger partial charge in [-0.15, -0.1) is 0 Å². The first-order chi connectivity index (χ1) is 13.1. The molecule has 1 atom stereocenters. The molecule has 3 heteroatoms. The monoisotopic (exact) mass is 368 g/mol. The Morgan fingerprint density at radius 2 is 1.70 bits per heavy atom. The van der Waals surface area contributed by atoms with Gasteiger partial charge in [0.25, 0.3) is 0 Å². The summed E-state index contributed by atoms with van der Waals surface area (Å²) in [5.74, 6) is -1.81. The smallest absolute Gasteiger partial charge is 0.159 e. The van der Waals surface area contributed by atoms with Gasteiger partial charge in [-0.3, -0.25) is 0 Å². The summed E-state index contributed by atoms with van der Waals surface area (Å²) >= 11 is 0. The second kappa shape index (κ2) is 7.38.